The fourth-order valence-corrected chi connectivity index (χ4v) is 4.25. The Morgan fingerprint density at radius 2 is 2.08 bits per heavy atom. The molecule has 3 rings (SSSR count). The average molecular weight is 352 g/mol. The summed E-state index contributed by atoms with van der Waals surface area (Å²) in [6.45, 7) is 4.98. The summed E-state index contributed by atoms with van der Waals surface area (Å²) in [5, 5.41) is 5.91. The van der Waals surface area contributed by atoms with E-state index in [1.165, 1.54) is 0 Å². The predicted octanol–water partition coefficient (Wildman–Crippen LogP) is 2.09. The second-order valence-electron chi connectivity index (χ2n) is 7.12. The minimum Gasteiger partial charge on any atom is -0.384 e. The van der Waals surface area contributed by atoms with Crippen molar-refractivity contribution >= 4 is 22.0 Å². The zero-order chi connectivity index (χ0) is 17.7. The van der Waals surface area contributed by atoms with Gasteiger partial charge in [-0.05, 0) is 45.4 Å². The number of halogens is 1. The molecule has 3 aliphatic heterocycles. The Morgan fingerprint density at radius 3 is 2.71 bits per heavy atom. The van der Waals surface area contributed by atoms with Gasteiger partial charge >= 0.3 is 0 Å². The van der Waals surface area contributed by atoms with Crippen LogP contribution in [0.4, 0.5) is 4.39 Å². The molecule has 0 saturated heterocycles. The highest BCUT2D eigenvalue weighted by Gasteiger charge is 2.41. The normalized spacial score (nSPS) is 29.9. The van der Waals surface area contributed by atoms with Crippen molar-refractivity contribution in [2.24, 2.45) is 27.7 Å². The van der Waals surface area contributed by atoms with Crippen molar-refractivity contribution in [1.82, 2.24) is 5.01 Å². The van der Waals surface area contributed by atoms with Crippen LogP contribution in [0, 0.1) is 11.8 Å². The summed E-state index contributed by atoms with van der Waals surface area (Å²) in [4.78, 5) is 3.95. The van der Waals surface area contributed by atoms with Gasteiger partial charge in [-0.1, -0.05) is 0 Å². The number of hydrogen-bond acceptors (Lipinski definition) is 6. The summed E-state index contributed by atoms with van der Waals surface area (Å²) in [6, 6.07) is -0.346. The van der Waals surface area contributed by atoms with Gasteiger partial charge in [0.2, 0.25) is 0 Å². The van der Waals surface area contributed by atoms with E-state index in [0.29, 0.717) is 6.42 Å². The van der Waals surface area contributed by atoms with E-state index in [9.17, 15) is 12.8 Å². The first-order valence-electron chi connectivity index (χ1n) is 7.78. The van der Waals surface area contributed by atoms with Gasteiger partial charge in [-0.25, -0.2) is 13.4 Å². The summed E-state index contributed by atoms with van der Waals surface area (Å²) in [5.41, 5.74) is 5.53. The van der Waals surface area contributed by atoms with Crippen LogP contribution in [0.25, 0.3) is 0 Å². The summed E-state index contributed by atoms with van der Waals surface area (Å²) in [7, 11) is -3.48. The molecule has 0 aromatic heterocycles. The third-order valence-electron chi connectivity index (χ3n) is 4.50. The van der Waals surface area contributed by atoms with E-state index in [-0.39, 0.29) is 22.7 Å². The lowest BCUT2D eigenvalue weighted by Crippen LogP contribution is -2.38. The van der Waals surface area contributed by atoms with Gasteiger partial charge in [0.15, 0.2) is 15.8 Å². The molecule has 0 fully saturated rings. The fraction of sp³-hybridized carbons (Fsp3) is 0.500. The Labute approximate surface area is 141 Å². The standard InChI is InChI=1S/C16H21FN4O2S/c1-16(2,3)24(22,23)10-6-7-21-13(8-10)12(9-19-21)11-4-5-14(18)20-15(11)17/h5-9,11-13H,4,18H2,1-3H3. The van der Waals surface area contributed by atoms with Gasteiger partial charge < -0.3 is 5.73 Å². The molecule has 0 spiro atoms. The molecule has 0 aromatic carbocycles. The fourth-order valence-electron chi connectivity index (χ4n) is 2.98. The number of sulfone groups is 1. The van der Waals surface area contributed by atoms with E-state index in [0.717, 1.165) is 0 Å². The lowest BCUT2D eigenvalue weighted by molar-refractivity contribution is 0.294. The van der Waals surface area contributed by atoms with Gasteiger partial charge in [-0.15, -0.1) is 0 Å². The molecule has 2 N–H and O–H groups in total. The predicted molar refractivity (Wildman–Crippen MR) is 92.4 cm³/mol. The summed E-state index contributed by atoms with van der Waals surface area (Å²) in [5.74, 6) is -1.15. The lowest BCUT2D eigenvalue weighted by Gasteiger charge is -2.31. The first-order chi connectivity index (χ1) is 11.1. The third-order valence-corrected chi connectivity index (χ3v) is 7.01. The zero-order valence-electron chi connectivity index (χ0n) is 13.8. The van der Waals surface area contributed by atoms with Gasteiger partial charge in [0, 0.05) is 24.3 Å². The van der Waals surface area contributed by atoms with Gasteiger partial charge in [0.1, 0.15) is 5.82 Å². The van der Waals surface area contributed by atoms with Crippen molar-refractivity contribution in [1.29, 1.82) is 0 Å². The Kier molecular flexibility index (Phi) is 3.90. The molecule has 0 aliphatic carbocycles. The molecule has 24 heavy (non-hydrogen) atoms. The summed E-state index contributed by atoms with van der Waals surface area (Å²) in [6.07, 6.45) is 8.59. The van der Waals surface area contributed by atoms with E-state index in [1.807, 2.05) is 0 Å². The number of nitrogens with zero attached hydrogens (tertiary/aromatic N) is 3. The quantitative estimate of drug-likeness (QED) is 0.824. The lowest BCUT2D eigenvalue weighted by atomic mass is 9.83. The first-order valence-corrected chi connectivity index (χ1v) is 9.26. The van der Waals surface area contributed by atoms with Crippen LogP contribution < -0.4 is 5.73 Å². The van der Waals surface area contributed by atoms with Crippen LogP contribution in [-0.2, 0) is 9.84 Å². The molecule has 130 valence electrons. The van der Waals surface area contributed by atoms with Gasteiger partial charge in [-0.2, -0.15) is 9.49 Å². The minimum absolute atomic E-state index is 0.172. The monoisotopic (exact) mass is 352 g/mol. The molecule has 0 aromatic rings. The molecule has 0 radical (unpaired) electrons. The van der Waals surface area contributed by atoms with Crippen LogP contribution >= 0.6 is 0 Å². The minimum atomic E-state index is -3.48. The maximum absolute atomic E-state index is 14.2. The Morgan fingerprint density at radius 1 is 1.38 bits per heavy atom. The molecular formula is C16H21FN4O2S. The molecule has 8 heteroatoms. The highest BCUT2D eigenvalue weighted by atomic mass is 32.2. The van der Waals surface area contributed by atoms with Crippen LogP contribution in [0.2, 0.25) is 0 Å². The van der Waals surface area contributed by atoms with Crippen LogP contribution in [0.1, 0.15) is 27.2 Å². The van der Waals surface area contributed by atoms with Crippen LogP contribution in [0.5, 0.6) is 0 Å². The van der Waals surface area contributed by atoms with Crippen molar-refractivity contribution in [3.8, 4) is 0 Å². The molecule has 3 aliphatic rings. The highest BCUT2D eigenvalue weighted by molar-refractivity contribution is 7.96. The Hall–Kier alpha value is -1.96. The number of rotatable bonds is 2. The van der Waals surface area contributed by atoms with Crippen molar-refractivity contribution in [2.45, 2.75) is 38.0 Å². The topological polar surface area (TPSA) is 88.1 Å². The van der Waals surface area contributed by atoms with Crippen LogP contribution in [0.3, 0.4) is 0 Å². The smallest absolute Gasteiger partial charge is 0.195 e. The molecular weight excluding hydrogens is 331 g/mol. The number of aliphatic imine (C=N–C) groups is 1. The highest BCUT2D eigenvalue weighted by Crippen LogP contribution is 2.36. The van der Waals surface area contributed by atoms with Gasteiger partial charge in [0.05, 0.1) is 15.7 Å². The van der Waals surface area contributed by atoms with Crippen LogP contribution in [-0.4, -0.2) is 36.4 Å². The van der Waals surface area contributed by atoms with Crippen molar-refractivity contribution in [3.63, 3.8) is 0 Å². The largest absolute Gasteiger partial charge is 0.384 e. The molecule has 0 amide bonds. The van der Waals surface area contributed by atoms with E-state index in [2.05, 4.69) is 10.1 Å². The number of hydrogen-bond donors (Lipinski definition) is 1. The van der Waals surface area contributed by atoms with Crippen molar-refractivity contribution in [2.75, 3.05) is 0 Å². The van der Waals surface area contributed by atoms with Crippen molar-refractivity contribution in [3.05, 3.63) is 35.2 Å². The average Bonchev–Trinajstić information content (AvgIpc) is 2.89. The van der Waals surface area contributed by atoms with Crippen molar-refractivity contribution < 1.29 is 12.8 Å². The zero-order valence-corrected chi connectivity index (χ0v) is 14.7. The van der Waals surface area contributed by atoms with E-state index in [1.54, 1.807) is 56.4 Å². The number of fused-ring (bicyclic) bond motifs is 1. The summed E-state index contributed by atoms with van der Waals surface area (Å²) >= 11 is 0. The molecule has 0 saturated carbocycles. The maximum Gasteiger partial charge on any atom is 0.195 e. The molecule has 6 nitrogen and oxygen atoms in total. The Bertz CT molecular complexity index is 802. The second kappa shape index (κ2) is 5.54. The molecule has 3 atom stereocenters. The molecule has 0 bridgehead atoms. The van der Waals surface area contributed by atoms with Crippen LogP contribution in [0.15, 0.2) is 45.2 Å². The number of hydrazone groups is 1. The third kappa shape index (κ3) is 2.68. The second-order valence-corrected chi connectivity index (χ2v) is 9.82. The molecule has 3 unspecified atom stereocenters. The first kappa shape index (κ1) is 16.9. The number of nitrogens with two attached hydrogens (primary N) is 1. The summed E-state index contributed by atoms with van der Waals surface area (Å²) < 4.78 is 38.7. The maximum atomic E-state index is 14.2. The van der Waals surface area contributed by atoms with Gasteiger partial charge in [0.25, 0.3) is 0 Å². The van der Waals surface area contributed by atoms with Gasteiger partial charge in [-0.3, -0.25) is 5.01 Å². The van der Waals surface area contributed by atoms with E-state index < -0.39 is 26.5 Å². The van der Waals surface area contributed by atoms with E-state index >= 15 is 0 Å². The Balaban J connectivity index is 1.92. The number of allylic oxidation sites excluding steroid dienone is 2. The molecule has 3 heterocycles. The SMILES string of the molecule is CC(C)(C)S(=O)(=O)C1=CC2C(C3CC=C(N)N=C3F)C=NN2C=C1. The van der Waals surface area contributed by atoms with E-state index in [4.69, 9.17) is 5.73 Å².